The molecule has 0 aromatic carbocycles. The summed E-state index contributed by atoms with van der Waals surface area (Å²) in [5.41, 5.74) is 6.68. The van der Waals surface area contributed by atoms with Gasteiger partial charge in [-0.2, -0.15) is 11.8 Å². The highest BCUT2D eigenvalue weighted by Gasteiger charge is 2.25. The van der Waals surface area contributed by atoms with E-state index >= 15 is 0 Å². The van der Waals surface area contributed by atoms with Crippen LogP contribution in [0.25, 0.3) is 0 Å². The normalized spacial score (nSPS) is 13.4. The van der Waals surface area contributed by atoms with Crippen LogP contribution < -0.4 is 97.3 Å². The van der Waals surface area contributed by atoms with Crippen molar-refractivity contribution in [1.29, 1.82) is 0 Å². The van der Waals surface area contributed by atoms with Crippen LogP contribution >= 0.6 is 11.8 Å². The Hall–Kier alpha value is -6.66. The van der Waals surface area contributed by atoms with Gasteiger partial charge in [0.05, 0.1) is 24.7 Å². The number of carbonyl (C=O) groups excluding carboxylic acids is 13. The molecule has 0 aliphatic heterocycles. The fourth-order valence-corrected chi connectivity index (χ4v) is 5.83. The van der Waals surface area contributed by atoms with E-state index in [2.05, 4.69) is 74.4 Å². The second-order valence-electron chi connectivity index (χ2n) is 15.7. The molecule has 8 atom stereocenters. The van der Waals surface area contributed by atoms with E-state index in [0.29, 0.717) is 12.3 Å². The van der Waals surface area contributed by atoms with Gasteiger partial charge < -0.3 is 107 Å². The summed E-state index contributed by atoms with van der Waals surface area (Å²) in [7, 11) is 14.4. The van der Waals surface area contributed by atoms with Crippen LogP contribution in [-0.2, 0) is 67.1 Å². The van der Waals surface area contributed by atoms with Gasteiger partial charge in [-0.25, -0.2) is 0 Å². The van der Waals surface area contributed by atoms with Crippen molar-refractivity contribution in [3.8, 4) is 0 Å². The molecule has 78 heavy (non-hydrogen) atoms. The number of Topliss-reactive ketones (excluding diaryl/α,β-unsaturated/α-hetero) is 1. The van der Waals surface area contributed by atoms with Gasteiger partial charge in [0.15, 0.2) is 5.65 Å². The monoisotopic (exact) mass is 1150 g/mol. The van der Waals surface area contributed by atoms with Gasteiger partial charge in [-0.15, -0.1) is 0 Å². The number of hydrogen-bond donors (Lipinski definition) is 19. The summed E-state index contributed by atoms with van der Waals surface area (Å²) in [4.78, 5) is 147. The van der Waals surface area contributed by atoms with Crippen LogP contribution in [0.4, 0.5) is 0 Å². The lowest BCUT2D eigenvalue weighted by Gasteiger charge is -2.19. The van der Waals surface area contributed by atoms with E-state index in [4.69, 9.17) is 15.5 Å². The molecule has 0 saturated heterocycles. The standard InChI is InChI=1S/C11H20N4O4.C10H21N5O3.C10H20N4O4.C10H20N4O3S.C2H7N.CH4O/c1-6(16)4-8(13-3)11(19)14-5-9(10(12)18)15-7(2)17;1-6(16)15-7(9(11)17)5-14-10(18)8(13-3)4-12-2;2*1-6(15)14-7(9(11)16)4-13-10(17)8(12-2)5-18-3;1-3-2;1-2/h8-9,13H,4-5H2,1-3H3,(H2,12,18)(H,14,19)(H,15,17);7-8,12-13H,4-5H2,1-3H3,(H2,11,17)(H,14,18)(H,15,16);2*7-8,12H,4-5H2,1-3H3,(H2,11,16)(H,13,17)(H,14,15);3H,1-2H3;2H,1H3/t8-,9-;3*7-,8-;;/m0000../s1/i/hT4. The number of hydrogen-bond acceptors (Lipinski definition) is 22. The van der Waals surface area contributed by atoms with E-state index in [1.54, 1.807) is 51.1 Å². The van der Waals surface area contributed by atoms with Crippen molar-refractivity contribution in [1.82, 2.24) is 74.4 Å². The number of rotatable bonds is 32. The number of nitrogens with two attached hydrogens (primary N) is 4. The molecule has 0 radical (unpaired) electrons. The first-order valence-corrected chi connectivity index (χ1v) is 24.9. The zero-order chi connectivity index (χ0) is 64.9. The zero-order valence-corrected chi connectivity index (χ0v) is 48.2. The molecular formula is C44H92N18O15S. The Labute approximate surface area is 467 Å². The largest absolute Gasteiger partial charge is 0.400 e. The fraction of sp³-hybridized carbons (Fsp3) is 0.705. The second-order valence-corrected chi connectivity index (χ2v) is 16.6. The van der Waals surface area contributed by atoms with Crippen LogP contribution in [0.3, 0.4) is 0 Å². The van der Waals surface area contributed by atoms with Crippen molar-refractivity contribution in [3.05, 3.63) is 0 Å². The number of aliphatic hydroxyl groups is 1. The Balaban J connectivity index is -0.000000228. The average Bonchev–Trinajstić information content (AvgIpc) is 3.44. The molecule has 23 N–H and O–H groups in total. The number of thioether (sulfide) groups is 1. The highest BCUT2D eigenvalue weighted by molar-refractivity contribution is 7.98. The first-order chi connectivity index (χ1) is 38.6. The fourth-order valence-electron chi connectivity index (χ4n) is 5.18. The maximum Gasteiger partial charge on any atom is 0.241 e. The van der Waals surface area contributed by atoms with Gasteiger partial charge in [0, 0.05) is 86.8 Å². The van der Waals surface area contributed by atoms with Gasteiger partial charge >= 0.3 is 0 Å². The van der Waals surface area contributed by atoms with Gasteiger partial charge in [0.2, 0.25) is 70.9 Å². The number of amides is 12. The van der Waals surface area contributed by atoms with Gasteiger partial charge in [0.25, 0.3) is 0 Å². The summed E-state index contributed by atoms with van der Waals surface area (Å²) in [5.74, 6) is -5.46. The highest BCUT2D eigenvalue weighted by atomic mass is 32.2. The summed E-state index contributed by atoms with van der Waals surface area (Å²) in [6, 6.07) is -6.01. The zero-order valence-electron chi connectivity index (χ0n) is 51.3. The lowest BCUT2D eigenvalue weighted by Crippen LogP contribution is -2.54. The van der Waals surface area contributed by atoms with Crippen LogP contribution in [0.5, 0.6) is 0 Å². The molecule has 0 fully saturated rings. The van der Waals surface area contributed by atoms with Gasteiger partial charge in [0.1, 0.15) is 36.0 Å². The van der Waals surface area contributed by atoms with Crippen molar-refractivity contribution < 1.29 is 77.8 Å². The number of aliphatic hydroxyl groups excluding tert-OH is 1. The summed E-state index contributed by atoms with van der Waals surface area (Å²) >= 11 is 1.52. The Morgan fingerprint density at radius 2 is 0.718 bits per heavy atom. The van der Waals surface area contributed by atoms with Crippen molar-refractivity contribution in [2.45, 2.75) is 89.4 Å². The number of ketones is 1. The van der Waals surface area contributed by atoms with Crippen molar-refractivity contribution in [2.24, 2.45) is 22.9 Å². The molecule has 0 spiro atoms. The van der Waals surface area contributed by atoms with Gasteiger partial charge in [-0.3, -0.25) is 62.3 Å². The molecule has 0 rings (SSSR count). The van der Waals surface area contributed by atoms with Crippen LogP contribution in [0.2, 0.25) is 5.65 Å². The van der Waals surface area contributed by atoms with Crippen LogP contribution in [-0.4, -0.2) is 245 Å². The van der Waals surface area contributed by atoms with E-state index < -0.39 is 95.5 Å². The smallest absolute Gasteiger partial charge is 0.241 e. The molecule has 34 heteroatoms. The lowest BCUT2D eigenvalue weighted by atomic mass is 10.1. The van der Waals surface area contributed by atoms with Gasteiger partial charge in [-0.1, -0.05) is 0 Å². The molecule has 0 aromatic rings. The van der Waals surface area contributed by atoms with Crippen LogP contribution in [0.15, 0.2) is 0 Å². The summed E-state index contributed by atoms with van der Waals surface area (Å²) in [6.07, 6.45) is 1.91. The summed E-state index contributed by atoms with van der Waals surface area (Å²) < 4.78 is 31.9. The molecule has 12 amide bonds. The van der Waals surface area contributed by atoms with E-state index in [1.807, 2.05) is 20.4 Å². The predicted molar refractivity (Wildman–Crippen MR) is 293 cm³/mol. The molecule has 0 aliphatic rings. The molecule has 0 bridgehead atoms. The third-order valence-electron chi connectivity index (χ3n) is 8.92. The van der Waals surface area contributed by atoms with E-state index in [1.165, 1.54) is 60.5 Å². The van der Waals surface area contributed by atoms with Crippen LogP contribution in [0, 0.1) is 0 Å². The molecule has 33 nitrogen and oxygen atoms in total. The first kappa shape index (κ1) is 73.4. The third kappa shape index (κ3) is 47.8. The predicted octanol–water partition coefficient (Wildman–Crippen LogP) is -10.6. The molecular weight excluding hydrogens is 1050 g/mol. The Kier molecular flexibility index (Phi) is 49.3. The minimum absolute atomic E-state index is 0.0256. The maximum atomic E-state index is 11.8. The number of likely N-dealkylation sites (N-methyl/N-ethyl adjacent to an activating group) is 5. The molecule has 0 heterocycles. The van der Waals surface area contributed by atoms with E-state index in [0.717, 1.165) is 7.11 Å². The number of nitrogens with one attached hydrogen (secondary N) is 14. The highest BCUT2D eigenvalue weighted by Crippen LogP contribution is 1.97. The minimum Gasteiger partial charge on any atom is -0.400 e. The molecule has 0 aromatic heterocycles. The summed E-state index contributed by atoms with van der Waals surface area (Å²) in [6.45, 7) is 6.54. The molecule has 454 valence electrons. The maximum absolute atomic E-state index is 11.8. The van der Waals surface area contributed by atoms with E-state index in [9.17, 15) is 62.3 Å². The first-order valence-electron chi connectivity index (χ1n) is 25.5. The molecule has 0 unspecified atom stereocenters. The average molecular weight is 1150 g/mol. The Morgan fingerprint density at radius 1 is 0.449 bits per heavy atom. The number of carbonyl (C=O) groups is 13. The Bertz CT molecular complexity index is 1770. The number of ether oxygens (including phenoxy) is 1. The quantitative estimate of drug-likeness (QED) is 0.0297. The van der Waals surface area contributed by atoms with Crippen LogP contribution in [0.1, 0.15) is 41.0 Å². The SMILES string of the molecule is CNC.CO.[3H]NC(=O)[C@H](CNC(=O)[C@H](CC(C)=O)NC)NC(C)=O.[3H]NC(=O)[C@H](CNC(=O)[C@H](CNC)NC)NC(C)=O.[3H]NC(=O)[C@H](CNC(=O)[C@H](COC)NC)NC(C)=O.[3H]NC(=O)[C@H](CNC(=O)[C@H](CSC)NC)NC(C)=O. The molecule has 0 aliphatic carbocycles. The second kappa shape index (κ2) is 52.4. The Morgan fingerprint density at radius 3 is 0.936 bits per heavy atom. The number of primary amides is 4. The summed E-state index contributed by atoms with van der Waals surface area (Å²) in [5, 5.41) is 43.1. The lowest BCUT2D eigenvalue weighted by molar-refractivity contribution is -0.128. The van der Waals surface area contributed by atoms with Gasteiger partial charge in [-0.05, 0) is 62.5 Å². The third-order valence-corrected chi connectivity index (χ3v) is 9.59. The minimum atomic E-state index is -1.04. The van der Waals surface area contributed by atoms with Crippen molar-refractivity contribution >= 4 is 88.4 Å². The van der Waals surface area contributed by atoms with Crippen molar-refractivity contribution in [3.63, 3.8) is 0 Å². The molecule has 0 saturated carbocycles. The van der Waals surface area contributed by atoms with Crippen molar-refractivity contribution in [2.75, 3.05) is 115 Å². The topological polar surface area (TPSA) is 524 Å². The van der Waals surface area contributed by atoms with E-state index in [-0.39, 0.29) is 68.8 Å². The number of methoxy groups -OCH3 is 1.